The Morgan fingerprint density at radius 2 is 1.47 bits per heavy atom. The molecule has 0 radical (unpaired) electrons. The SMILES string of the molecule is CCCCCC(CO)(CCCC)C(O)C(C)C. The highest BCUT2D eigenvalue weighted by atomic mass is 16.3. The lowest BCUT2D eigenvalue weighted by molar-refractivity contribution is -0.0568. The molecule has 2 atom stereocenters. The van der Waals surface area contributed by atoms with E-state index in [-0.39, 0.29) is 24.0 Å². The number of rotatable bonds is 10. The zero-order chi connectivity index (χ0) is 13.3. The van der Waals surface area contributed by atoms with E-state index in [0.717, 1.165) is 32.1 Å². The van der Waals surface area contributed by atoms with Crippen molar-refractivity contribution >= 4 is 0 Å². The Morgan fingerprint density at radius 1 is 0.941 bits per heavy atom. The standard InChI is InChI=1S/C15H32O2/c1-5-7-9-11-15(12-16,10-8-6-2)14(17)13(3)4/h13-14,16-17H,5-12H2,1-4H3. The van der Waals surface area contributed by atoms with Crippen LogP contribution < -0.4 is 0 Å². The van der Waals surface area contributed by atoms with Crippen LogP contribution >= 0.6 is 0 Å². The van der Waals surface area contributed by atoms with E-state index in [1.54, 1.807) is 0 Å². The normalized spacial score (nSPS) is 17.1. The van der Waals surface area contributed by atoms with E-state index in [9.17, 15) is 10.2 Å². The molecule has 0 fully saturated rings. The lowest BCUT2D eigenvalue weighted by atomic mass is 9.71. The molecular weight excluding hydrogens is 212 g/mol. The number of aliphatic hydroxyl groups excluding tert-OH is 2. The average Bonchev–Trinajstić information content (AvgIpc) is 2.33. The Morgan fingerprint density at radius 3 is 1.88 bits per heavy atom. The third-order valence-electron chi connectivity index (χ3n) is 3.88. The van der Waals surface area contributed by atoms with Gasteiger partial charge >= 0.3 is 0 Å². The molecule has 0 bridgehead atoms. The minimum Gasteiger partial charge on any atom is -0.396 e. The molecule has 0 spiro atoms. The summed E-state index contributed by atoms with van der Waals surface area (Å²) >= 11 is 0. The van der Waals surface area contributed by atoms with Crippen molar-refractivity contribution in [3.05, 3.63) is 0 Å². The van der Waals surface area contributed by atoms with Gasteiger partial charge in [-0.1, -0.05) is 59.8 Å². The molecule has 2 nitrogen and oxygen atoms in total. The van der Waals surface area contributed by atoms with E-state index in [2.05, 4.69) is 13.8 Å². The summed E-state index contributed by atoms with van der Waals surface area (Å²) in [4.78, 5) is 0. The highest BCUT2D eigenvalue weighted by Crippen LogP contribution is 2.37. The molecule has 104 valence electrons. The Balaban J connectivity index is 4.60. The van der Waals surface area contributed by atoms with E-state index < -0.39 is 0 Å². The molecule has 0 aromatic rings. The van der Waals surface area contributed by atoms with Gasteiger partial charge in [0, 0.05) is 5.41 Å². The van der Waals surface area contributed by atoms with Crippen molar-refractivity contribution < 1.29 is 10.2 Å². The summed E-state index contributed by atoms with van der Waals surface area (Å²) in [5.41, 5.74) is -0.265. The van der Waals surface area contributed by atoms with E-state index in [1.807, 2.05) is 13.8 Å². The lowest BCUT2D eigenvalue weighted by Gasteiger charge is -2.39. The number of aliphatic hydroxyl groups is 2. The van der Waals surface area contributed by atoms with Gasteiger partial charge in [-0.2, -0.15) is 0 Å². The summed E-state index contributed by atoms with van der Waals surface area (Å²) in [6.45, 7) is 8.55. The molecule has 2 heteroatoms. The van der Waals surface area contributed by atoms with Crippen molar-refractivity contribution in [2.24, 2.45) is 11.3 Å². The van der Waals surface area contributed by atoms with Gasteiger partial charge < -0.3 is 10.2 Å². The second-order valence-electron chi connectivity index (χ2n) is 5.77. The fourth-order valence-corrected chi connectivity index (χ4v) is 2.64. The van der Waals surface area contributed by atoms with Gasteiger partial charge in [-0.25, -0.2) is 0 Å². The van der Waals surface area contributed by atoms with Crippen LogP contribution in [0.25, 0.3) is 0 Å². The van der Waals surface area contributed by atoms with Gasteiger partial charge in [0.1, 0.15) is 0 Å². The predicted molar refractivity (Wildman–Crippen MR) is 74.0 cm³/mol. The van der Waals surface area contributed by atoms with E-state index in [4.69, 9.17) is 0 Å². The Labute approximate surface area is 107 Å². The first-order valence-corrected chi connectivity index (χ1v) is 7.33. The highest BCUT2D eigenvalue weighted by molar-refractivity contribution is 4.87. The van der Waals surface area contributed by atoms with Crippen LogP contribution in [0.1, 0.15) is 72.6 Å². The van der Waals surface area contributed by atoms with Crippen molar-refractivity contribution in [1.29, 1.82) is 0 Å². The zero-order valence-electron chi connectivity index (χ0n) is 12.2. The van der Waals surface area contributed by atoms with Crippen LogP contribution in [-0.2, 0) is 0 Å². The van der Waals surface area contributed by atoms with Crippen LogP contribution in [0.3, 0.4) is 0 Å². The molecular formula is C15H32O2. The first-order chi connectivity index (χ1) is 8.04. The summed E-state index contributed by atoms with van der Waals surface area (Å²) < 4.78 is 0. The first kappa shape index (κ1) is 16.9. The minimum atomic E-state index is -0.379. The van der Waals surface area contributed by atoms with Crippen molar-refractivity contribution in [1.82, 2.24) is 0 Å². The number of hydrogen-bond donors (Lipinski definition) is 2. The van der Waals surface area contributed by atoms with Gasteiger partial charge in [0.05, 0.1) is 12.7 Å². The van der Waals surface area contributed by atoms with Gasteiger partial charge in [-0.3, -0.25) is 0 Å². The van der Waals surface area contributed by atoms with E-state index in [0.29, 0.717) is 0 Å². The molecule has 0 aliphatic rings. The summed E-state index contributed by atoms with van der Waals surface area (Å²) in [6.07, 6.45) is 7.24. The van der Waals surface area contributed by atoms with Gasteiger partial charge in [-0.15, -0.1) is 0 Å². The zero-order valence-corrected chi connectivity index (χ0v) is 12.2. The molecule has 17 heavy (non-hydrogen) atoms. The molecule has 0 heterocycles. The lowest BCUT2D eigenvalue weighted by Crippen LogP contribution is -2.42. The summed E-state index contributed by atoms with van der Waals surface area (Å²) in [7, 11) is 0. The molecule has 0 aromatic heterocycles. The van der Waals surface area contributed by atoms with Crippen LogP contribution in [0.4, 0.5) is 0 Å². The quantitative estimate of drug-likeness (QED) is 0.575. The molecule has 2 unspecified atom stereocenters. The molecule has 0 aromatic carbocycles. The van der Waals surface area contributed by atoms with Gasteiger partial charge in [0.2, 0.25) is 0 Å². The molecule has 2 N–H and O–H groups in total. The monoisotopic (exact) mass is 244 g/mol. The van der Waals surface area contributed by atoms with Crippen LogP contribution in [0.5, 0.6) is 0 Å². The van der Waals surface area contributed by atoms with E-state index >= 15 is 0 Å². The third-order valence-corrected chi connectivity index (χ3v) is 3.88. The minimum absolute atomic E-state index is 0.121. The van der Waals surface area contributed by atoms with Crippen molar-refractivity contribution in [2.45, 2.75) is 78.7 Å². The maximum absolute atomic E-state index is 10.4. The molecule has 0 rings (SSSR count). The van der Waals surface area contributed by atoms with Crippen LogP contribution in [-0.4, -0.2) is 22.9 Å². The van der Waals surface area contributed by atoms with Crippen LogP contribution in [0.2, 0.25) is 0 Å². The predicted octanol–water partition coefficient (Wildman–Crippen LogP) is 3.75. The van der Waals surface area contributed by atoms with E-state index in [1.165, 1.54) is 12.8 Å². The average molecular weight is 244 g/mol. The molecule has 0 aliphatic carbocycles. The maximum atomic E-state index is 10.4. The molecule has 0 saturated carbocycles. The van der Waals surface area contributed by atoms with Gasteiger partial charge in [0.25, 0.3) is 0 Å². The third kappa shape index (κ3) is 5.39. The molecule has 0 aliphatic heterocycles. The Hall–Kier alpha value is -0.0800. The van der Waals surface area contributed by atoms with Gasteiger partial charge in [0.15, 0.2) is 0 Å². The maximum Gasteiger partial charge on any atom is 0.0641 e. The number of hydrogen-bond acceptors (Lipinski definition) is 2. The molecule has 0 amide bonds. The van der Waals surface area contributed by atoms with Crippen molar-refractivity contribution in [2.75, 3.05) is 6.61 Å². The summed E-state index contributed by atoms with van der Waals surface area (Å²) in [6, 6.07) is 0. The summed E-state index contributed by atoms with van der Waals surface area (Å²) in [5, 5.41) is 20.2. The second kappa shape index (κ2) is 8.93. The Kier molecular flexibility index (Phi) is 8.89. The second-order valence-corrected chi connectivity index (χ2v) is 5.77. The Bertz CT molecular complexity index is 180. The fourth-order valence-electron chi connectivity index (χ4n) is 2.64. The molecule has 0 saturated heterocycles. The van der Waals surface area contributed by atoms with Gasteiger partial charge in [-0.05, 0) is 18.8 Å². The fraction of sp³-hybridized carbons (Fsp3) is 1.00. The van der Waals surface area contributed by atoms with Crippen molar-refractivity contribution in [3.8, 4) is 0 Å². The van der Waals surface area contributed by atoms with Crippen LogP contribution in [0, 0.1) is 11.3 Å². The van der Waals surface area contributed by atoms with Crippen LogP contribution in [0.15, 0.2) is 0 Å². The summed E-state index contributed by atoms with van der Waals surface area (Å²) in [5.74, 6) is 0.223. The smallest absolute Gasteiger partial charge is 0.0641 e. The number of unbranched alkanes of at least 4 members (excludes halogenated alkanes) is 3. The van der Waals surface area contributed by atoms with Crippen molar-refractivity contribution in [3.63, 3.8) is 0 Å². The topological polar surface area (TPSA) is 40.5 Å². The first-order valence-electron chi connectivity index (χ1n) is 7.33. The highest BCUT2D eigenvalue weighted by Gasteiger charge is 2.37. The largest absolute Gasteiger partial charge is 0.396 e.